The molecule has 0 rings (SSSR count). The summed E-state index contributed by atoms with van der Waals surface area (Å²) in [7, 11) is 11.3. The molecule has 50 valence electrons. The standard InChI is InChI=1S/C4H9.2ClH.H2N.Zr/c1-3-4-2;;;;/h1,3-4H2,2H3;2*1H;1H2;/q;;;-1;+3/p-2. The van der Waals surface area contributed by atoms with Crippen molar-refractivity contribution >= 4 is 17.0 Å². The second kappa shape index (κ2) is 4.27. The van der Waals surface area contributed by atoms with Crippen molar-refractivity contribution in [1.29, 1.82) is 0 Å². The molecule has 0 radical (unpaired) electrons. The van der Waals surface area contributed by atoms with E-state index >= 15 is 0 Å². The summed E-state index contributed by atoms with van der Waals surface area (Å²) in [6.45, 7) is 2.10. The maximum absolute atomic E-state index is 5.67. The fourth-order valence-electron chi connectivity index (χ4n) is 0.412. The van der Waals surface area contributed by atoms with E-state index in [1.54, 1.807) is 0 Å². The van der Waals surface area contributed by atoms with Crippen LogP contribution in [-0.4, -0.2) is 0 Å². The van der Waals surface area contributed by atoms with E-state index in [9.17, 15) is 0 Å². The van der Waals surface area contributed by atoms with Gasteiger partial charge in [-0.05, 0) is 0 Å². The van der Waals surface area contributed by atoms with Crippen molar-refractivity contribution in [1.82, 2.24) is 0 Å². The van der Waals surface area contributed by atoms with Gasteiger partial charge in [0.25, 0.3) is 0 Å². The molecule has 8 heavy (non-hydrogen) atoms. The summed E-state index contributed by atoms with van der Waals surface area (Å²) >= 11 is -2.86. The van der Waals surface area contributed by atoms with Gasteiger partial charge in [0.2, 0.25) is 0 Å². The molecule has 0 aromatic rings. The first-order valence-electron chi connectivity index (χ1n) is 2.73. The summed E-state index contributed by atoms with van der Waals surface area (Å²) in [4.78, 5) is 0. The molecule has 0 aliphatic carbocycles. The predicted octanol–water partition coefficient (Wildman–Crippen LogP) is 2.54. The number of rotatable bonds is 3. The molecule has 0 heterocycles. The molecule has 0 aromatic heterocycles. The van der Waals surface area contributed by atoms with Crippen molar-refractivity contribution in [3.05, 3.63) is 0 Å². The van der Waals surface area contributed by atoms with Gasteiger partial charge in [-0.15, -0.1) is 0 Å². The first-order valence-corrected chi connectivity index (χ1v) is 12.2. The van der Waals surface area contributed by atoms with E-state index in [-0.39, 0.29) is 0 Å². The van der Waals surface area contributed by atoms with E-state index in [2.05, 4.69) is 6.92 Å². The Labute approximate surface area is 62.4 Å². The Morgan fingerprint density at radius 2 is 2.00 bits per heavy atom. The van der Waals surface area contributed by atoms with Crippen LogP contribution in [-0.2, 0) is 18.2 Å². The van der Waals surface area contributed by atoms with Crippen LogP contribution in [0.1, 0.15) is 19.8 Å². The van der Waals surface area contributed by atoms with E-state index in [0.29, 0.717) is 0 Å². The molecule has 1 nitrogen and oxygen atoms in total. The average molecular weight is 235 g/mol. The number of nitrogens with two attached hydrogens (primary N) is 1. The van der Waals surface area contributed by atoms with Crippen molar-refractivity contribution in [2.24, 2.45) is 3.68 Å². The molecule has 0 amide bonds. The third-order valence-electron chi connectivity index (χ3n) is 0.864. The summed E-state index contributed by atoms with van der Waals surface area (Å²) in [5.74, 6) is 0. The summed E-state index contributed by atoms with van der Waals surface area (Å²) < 4.78 is 6.35. The molecule has 2 N–H and O–H groups in total. The molecule has 0 fully saturated rings. The Morgan fingerprint density at radius 1 is 1.50 bits per heavy atom. The van der Waals surface area contributed by atoms with Crippen LogP contribution in [0, 0.1) is 0 Å². The van der Waals surface area contributed by atoms with E-state index in [4.69, 9.17) is 20.7 Å². The van der Waals surface area contributed by atoms with Crippen LogP contribution >= 0.6 is 17.0 Å². The quantitative estimate of drug-likeness (QED) is 0.799. The van der Waals surface area contributed by atoms with Crippen molar-refractivity contribution in [2.45, 2.75) is 23.9 Å². The van der Waals surface area contributed by atoms with Gasteiger partial charge in [0.1, 0.15) is 0 Å². The van der Waals surface area contributed by atoms with E-state index in [0.717, 1.165) is 17.0 Å². The third-order valence-corrected chi connectivity index (χ3v) is 5.61. The van der Waals surface area contributed by atoms with Crippen LogP contribution in [0.25, 0.3) is 0 Å². The Bertz CT molecular complexity index is 61.5. The molecule has 0 saturated heterocycles. The van der Waals surface area contributed by atoms with Gasteiger partial charge in [0.05, 0.1) is 0 Å². The molecule has 0 atom stereocenters. The zero-order valence-electron chi connectivity index (χ0n) is 4.95. The van der Waals surface area contributed by atoms with E-state index in [1.165, 1.54) is 0 Å². The second-order valence-electron chi connectivity index (χ2n) is 1.86. The molecule has 0 aromatic carbocycles. The molecule has 4 heteroatoms. The molecule has 0 unspecified atom stereocenters. The van der Waals surface area contributed by atoms with Gasteiger partial charge in [-0.2, -0.15) is 0 Å². The zero-order valence-corrected chi connectivity index (χ0v) is 8.92. The number of hydrogen-bond donors (Lipinski definition) is 1. The van der Waals surface area contributed by atoms with Crippen LogP contribution < -0.4 is 3.68 Å². The van der Waals surface area contributed by atoms with Gasteiger partial charge in [-0.25, -0.2) is 0 Å². The van der Waals surface area contributed by atoms with E-state index in [1.807, 2.05) is 0 Å². The second-order valence-corrected chi connectivity index (χ2v) is 16.0. The Kier molecular flexibility index (Phi) is 5.03. The van der Waals surface area contributed by atoms with Gasteiger partial charge in [-0.3, -0.25) is 0 Å². The Balaban J connectivity index is 3.11. The Hall–Kier alpha value is 1.42. The molecule has 0 bridgehead atoms. The number of unbranched alkanes of at least 4 members (excludes halogenated alkanes) is 1. The Morgan fingerprint density at radius 3 is 2.12 bits per heavy atom. The maximum atomic E-state index is 5.67. The van der Waals surface area contributed by atoms with Gasteiger partial charge in [-0.1, -0.05) is 0 Å². The van der Waals surface area contributed by atoms with E-state index < -0.39 is 18.2 Å². The van der Waals surface area contributed by atoms with Crippen molar-refractivity contribution in [3.63, 3.8) is 0 Å². The molecule has 0 aliphatic heterocycles. The first-order chi connectivity index (χ1) is 3.56. The fourth-order valence-corrected chi connectivity index (χ4v) is 4.02. The fraction of sp³-hybridized carbons (Fsp3) is 1.00. The molecule has 0 saturated carbocycles. The monoisotopic (exact) mass is 233 g/mol. The third kappa shape index (κ3) is 7.42. The van der Waals surface area contributed by atoms with Crippen LogP contribution in [0.3, 0.4) is 0 Å². The average Bonchev–Trinajstić information content (AvgIpc) is 1.59. The molecular formula is C4H11Cl2NZr. The number of halogens is 2. The van der Waals surface area contributed by atoms with Crippen molar-refractivity contribution in [2.75, 3.05) is 0 Å². The SMILES string of the molecule is CCC[CH2][Zr]([NH2])([Cl])[Cl]. The van der Waals surface area contributed by atoms with Crippen LogP contribution in [0.15, 0.2) is 0 Å². The predicted molar refractivity (Wildman–Crippen MR) is 35.6 cm³/mol. The molecule has 0 aliphatic rings. The molecule has 0 spiro atoms. The van der Waals surface area contributed by atoms with Crippen LogP contribution in [0.2, 0.25) is 4.13 Å². The zero-order chi connectivity index (χ0) is 6.62. The normalized spacial score (nSPS) is 12.0. The van der Waals surface area contributed by atoms with Gasteiger partial charge >= 0.3 is 62.8 Å². The summed E-state index contributed by atoms with van der Waals surface area (Å²) in [6.07, 6.45) is 2.22. The number of hydrogen-bond acceptors (Lipinski definition) is 1. The van der Waals surface area contributed by atoms with Crippen LogP contribution in [0.5, 0.6) is 0 Å². The van der Waals surface area contributed by atoms with Crippen molar-refractivity contribution < 1.29 is 18.2 Å². The van der Waals surface area contributed by atoms with Crippen molar-refractivity contribution in [3.8, 4) is 0 Å². The first kappa shape index (κ1) is 9.42. The van der Waals surface area contributed by atoms with Gasteiger partial charge in [0, 0.05) is 0 Å². The minimum atomic E-state index is -2.86. The summed E-state index contributed by atoms with van der Waals surface area (Å²) in [6, 6.07) is 0. The van der Waals surface area contributed by atoms with Gasteiger partial charge < -0.3 is 0 Å². The van der Waals surface area contributed by atoms with Gasteiger partial charge in [0.15, 0.2) is 0 Å². The topological polar surface area (TPSA) is 26.0 Å². The minimum absolute atomic E-state index is 0.883. The summed E-state index contributed by atoms with van der Waals surface area (Å²) in [5.41, 5.74) is 0. The molecular weight excluding hydrogens is 224 g/mol. The van der Waals surface area contributed by atoms with Crippen LogP contribution in [0.4, 0.5) is 0 Å². The summed E-state index contributed by atoms with van der Waals surface area (Å²) in [5, 5.41) is 0.